The molecule has 0 unspecified atom stereocenters. The number of halogens is 3. The summed E-state index contributed by atoms with van der Waals surface area (Å²) in [6.07, 6.45) is -4.41. The van der Waals surface area contributed by atoms with Crippen LogP contribution in [0.4, 0.5) is 18.9 Å². The van der Waals surface area contributed by atoms with E-state index in [1.165, 1.54) is 12.1 Å². The number of hydrogen-bond acceptors (Lipinski definition) is 2. The number of rotatable bonds is 3. The lowest BCUT2D eigenvalue weighted by Gasteiger charge is -2.18. The molecule has 2 aromatic carbocycles. The van der Waals surface area contributed by atoms with E-state index in [0.717, 1.165) is 22.8 Å². The highest BCUT2D eigenvalue weighted by atomic mass is 19.4. The van der Waals surface area contributed by atoms with Crippen LogP contribution in [-0.4, -0.2) is 5.21 Å². The summed E-state index contributed by atoms with van der Waals surface area (Å²) in [6.45, 7) is 0.127. The Morgan fingerprint density at radius 1 is 0.947 bits per heavy atom. The summed E-state index contributed by atoms with van der Waals surface area (Å²) in [7, 11) is 0. The summed E-state index contributed by atoms with van der Waals surface area (Å²) in [4.78, 5) is 0. The van der Waals surface area contributed by atoms with Crippen LogP contribution in [0.1, 0.15) is 11.1 Å². The average Bonchev–Trinajstić information content (AvgIpc) is 2.39. The summed E-state index contributed by atoms with van der Waals surface area (Å²) < 4.78 is 37.7. The molecule has 0 aliphatic rings. The second-order valence-electron chi connectivity index (χ2n) is 4.09. The van der Waals surface area contributed by atoms with Gasteiger partial charge in [0.1, 0.15) is 0 Å². The van der Waals surface area contributed by atoms with Gasteiger partial charge in [0.2, 0.25) is 0 Å². The molecule has 0 aliphatic carbocycles. The highest BCUT2D eigenvalue weighted by Gasteiger charge is 2.30. The lowest BCUT2D eigenvalue weighted by atomic mass is 10.1. The molecule has 1 N–H and O–H groups in total. The molecule has 0 atom stereocenters. The Bertz CT molecular complexity index is 540. The van der Waals surface area contributed by atoms with Crippen molar-refractivity contribution < 1.29 is 18.4 Å². The number of hydroxylamine groups is 1. The molecule has 2 nitrogen and oxygen atoms in total. The molecule has 0 aliphatic heterocycles. The first kappa shape index (κ1) is 13.4. The second-order valence-corrected chi connectivity index (χ2v) is 4.09. The fourth-order valence-electron chi connectivity index (χ4n) is 1.69. The molecular weight excluding hydrogens is 255 g/mol. The highest BCUT2D eigenvalue weighted by Crippen LogP contribution is 2.31. The fourth-order valence-corrected chi connectivity index (χ4v) is 1.69. The Morgan fingerprint density at radius 2 is 1.63 bits per heavy atom. The average molecular weight is 267 g/mol. The van der Waals surface area contributed by atoms with E-state index in [-0.39, 0.29) is 12.2 Å². The van der Waals surface area contributed by atoms with Crippen LogP contribution in [0.3, 0.4) is 0 Å². The van der Waals surface area contributed by atoms with Crippen molar-refractivity contribution in [3.8, 4) is 0 Å². The molecule has 0 spiro atoms. The molecular formula is C14H12F3NO. The Labute approximate surface area is 108 Å². The lowest BCUT2D eigenvalue weighted by molar-refractivity contribution is -0.137. The molecule has 0 saturated heterocycles. The Hall–Kier alpha value is -2.01. The topological polar surface area (TPSA) is 23.5 Å². The van der Waals surface area contributed by atoms with Crippen LogP contribution in [0.2, 0.25) is 0 Å². The third-order valence-corrected chi connectivity index (χ3v) is 2.65. The Morgan fingerprint density at radius 3 is 2.26 bits per heavy atom. The van der Waals surface area contributed by atoms with Crippen molar-refractivity contribution in [1.29, 1.82) is 0 Å². The minimum Gasteiger partial charge on any atom is -0.288 e. The molecule has 5 heteroatoms. The summed E-state index contributed by atoms with van der Waals surface area (Å²) in [5, 5.41) is 10.6. The van der Waals surface area contributed by atoms with Crippen molar-refractivity contribution in [1.82, 2.24) is 0 Å². The summed E-state index contributed by atoms with van der Waals surface area (Å²) in [5.74, 6) is 0. The van der Waals surface area contributed by atoms with Gasteiger partial charge in [0.15, 0.2) is 0 Å². The van der Waals surface area contributed by atoms with Crippen LogP contribution in [0.5, 0.6) is 0 Å². The van der Waals surface area contributed by atoms with Gasteiger partial charge >= 0.3 is 6.18 Å². The standard InChI is InChI=1S/C14H12F3NO/c15-14(16,17)12-7-4-8-13(9-12)18(19)10-11-5-2-1-3-6-11/h1-9,19H,10H2. The molecule has 0 amide bonds. The molecule has 0 aromatic heterocycles. The molecule has 2 rings (SSSR count). The minimum atomic E-state index is -4.41. The SMILES string of the molecule is ON(Cc1ccccc1)c1cccc(C(F)(F)F)c1. The third kappa shape index (κ3) is 3.48. The van der Waals surface area contributed by atoms with Gasteiger partial charge in [0.25, 0.3) is 0 Å². The van der Waals surface area contributed by atoms with Crippen LogP contribution in [0.15, 0.2) is 54.6 Å². The van der Waals surface area contributed by atoms with Crippen LogP contribution in [0, 0.1) is 0 Å². The highest BCUT2D eigenvalue weighted by molar-refractivity contribution is 5.47. The first-order valence-electron chi connectivity index (χ1n) is 5.64. The van der Waals surface area contributed by atoms with Gasteiger partial charge in [-0.1, -0.05) is 36.4 Å². The number of nitrogens with zero attached hydrogens (tertiary/aromatic N) is 1. The van der Waals surface area contributed by atoms with Crippen LogP contribution in [0.25, 0.3) is 0 Å². The first-order chi connectivity index (χ1) is 8.97. The Balaban J connectivity index is 2.18. The first-order valence-corrected chi connectivity index (χ1v) is 5.64. The van der Waals surface area contributed by atoms with E-state index in [0.29, 0.717) is 0 Å². The van der Waals surface area contributed by atoms with Crippen molar-refractivity contribution in [2.75, 3.05) is 5.06 Å². The van der Waals surface area contributed by atoms with Gasteiger partial charge < -0.3 is 0 Å². The zero-order chi connectivity index (χ0) is 13.9. The van der Waals surface area contributed by atoms with Crippen molar-refractivity contribution in [3.63, 3.8) is 0 Å². The predicted octanol–water partition coefficient (Wildman–Crippen LogP) is 4.10. The van der Waals surface area contributed by atoms with Crippen LogP contribution in [-0.2, 0) is 12.7 Å². The van der Waals surface area contributed by atoms with Crippen LogP contribution >= 0.6 is 0 Å². The molecule has 0 bridgehead atoms. The molecule has 2 aromatic rings. The molecule has 100 valence electrons. The molecule has 0 fully saturated rings. The number of hydrogen-bond donors (Lipinski definition) is 1. The van der Waals surface area contributed by atoms with Crippen LogP contribution < -0.4 is 5.06 Å². The van der Waals surface area contributed by atoms with Gasteiger partial charge in [-0.2, -0.15) is 13.2 Å². The summed E-state index contributed by atoms with van der Waals surface area (Å²) in [6, 6.07) is 13.6. The number of anilines is 1. The van der Waals surface area contributed by atoms with Crippen molar-refractivity contribution in [3.05, 3.63) is 65.7 Å². The molecule has 0 saturated carbocycles. The third-order valence-electron chi connectivity index (χ3n) is 2.65. The van der Waals surface area contributed by atoms with E-state index < -0.39 is 11.7 Å². The summed E-state index contributed by atoms with van der Waals surface area (Å²) in [5.41, 5.74) is 0.137. The van der Waals surface area contributed by atoms with Crippen molar-refractivity contribution in [2.24, 2.45) is 0 Å². The number of alkyl halides is 3. The fraction of sp³-hybridized carbons (Fsp3) is 0.143. The molecule has 0 heterocycles. The molecule has 19 heavy (non-hydrogen) atoms. The van der Waals surface area contributed by atoms with Crippen molar-refractivity contribution >= 4 is 5.69 Å². The minimum absolute atomic E-state index is 0.110. The van der Waals surface area contributed by atoms with E-state index >= 15 is 0 Å². The second kappa shape index (κ2) is 5.32. The summed E-state index contributed by atoms with van der Waals surface area (Å²) >= 11 is 0. The smallest absolute Gasteiger partial charge is 0.288 e. The number of benzene rings is 2. The van der Waals surface area contributed by atoms with Gasteiger partial charge in [0.05, 0.1) is 17.8 Å². The largest absolute Gasteiger partial charge is 0.416 e. The lowest BCUT2D eigenvalue weighted by Crippen LogP contribution is -2.18. The van der Waals surface area contributed by atoms with E-state index in [9.17, 15) is 18.4 Å². The maximum absolute atomic E-state index is 12.6. The quantitative estimate of drug-likeness (QED) is 0.846. The van der Waals surface area contributed by atoms with Crippen molar-refractivity contribution in [2.45, 2.75) is 12.7 Å². The zero-order valence-corrected chi connectivity index (χ0v) is 9.93. The normalized spacial score (nSPS) is 11.4. The van der Waals surface area contributed by atoms with E-state index in [1.807, 2.05) is 6.07 Å². The van der Waals surface area contributed by atoms with Gasteiger partial charge in [-0.25, -0.2) is 0 Å². The van der Waals surface area contributed by atoms with E-state index in [4.69, 9.17) is 0 Å². The molecule has 0 radical (unpaired) electrons. The van der Waals surface area contributed by atoms with Gasteiger partial charge in [-0.3, -0.25) is 10.3 Å². The van der Waals surface area contributed by atoms with Gasteiger partial charge in [-0.05, 0) is 23.8 Å². The maximum atomic E-state index is 12.6. The van der Waals surface area contributed by atoms with E-state index in [1.54, 1.807) is 24.3 Å². The monoisotopic (exact) mass is 267 g/mol. The van der Waals surface area contributed by atoms with E-state index in [2.05, 4.69) is 0 Å². The van der Waals surface area contributed by atoms with Gasteiger partial charge in [-0.15, -0.1) is 0 Å². The Kier molecular flexibility index (Phi) is 3.76. The zero-order valence-electron chi connectivity index (χ0n) is 9.93. The maximum Gasteiger partial charge on any atom is 0.416 e. The van der Waals surface area contributed by atoms with Gasteiger partial charge in [0, 0.05) is 0 Å². The predicted molar refractivity (Wildman–Crippen MR) is 65.9 cm³/mol.